The highest BCUT2D eigenvalue weighted by atomic mass is 16.6. The van der Waals surface area contributed by atoms with Gasteiger partial charge in [0.25, 0.3) is 0 Å². The molecule has 72 heavy (non-hydrogen) atoms. The molecule has 0 spiro atoms. The molecular formula is C51H73N5O16. The van der Waals surface area contributed by atoms with Crippen LogP contribution in [0.5, 0.6) is 0 Å². The first-order valence-corrected chi connectivity index (χ1v) is 24.0. The minimum absolute atomic E-state index is 0.0347. The average molecular weight is 1010 g/mol. The van der Waals surface area contributed by atoms with Crippen molar-refractivity contribution in [2.75, 3.05) is 46.1 Å². The molecule has 2 aromatic rings. The monoisotopic (exact) mass is 1010 g/mol. The lowest BCUT2D eigenvalue weighted by atomic mass is 9.98. The molecule has 3 atom stereocenters. The Morgan fingerprint density at radius 1 is 0.528 bits per heavy atom. The number of carboxylic acid groups (broad SMARTS) is 1. The van der Waals surface area contributed by atoms with E-state index < -0.39 is 102 Å². The number of hydrogen-bond donors (Lipinski definition) is 6. The van der Waals surface area contributed by atoms with Crippen molar-refractivity contribution >= 4 is 53.6 Å². The molecule has 0 unspecified atom stereocenters. The lowest BCUT2D eigenvalue weighted by molar-refractivity contribution is -0.156. The minimum Gasteiger partial charge on any atom is -0.481 e. The Kier molecular flexibility index (Phi) is 23.6. The van der Waals surface area contributed by atoms with Crippen LogP contribution in [-0.4, -0.2) is 140 Å². The standard InChI is InChI=1S/C51H73N5O16/c1-49(2,3)70-42(60)21-18-37(45(63)52-25-24-41(58)59)55-47(65)39(20-23-44(62)72-51(7,8)9)56-46(64)38(19-22-43(61)71-50(4,5)6)54-40(57)31-68-29-28-67-27-26-53-48(66)69-30-36-34-16-12-10-14-32(34)33-15-11-13-17-35(33)36/h10-17,36-39H,18-31H2,1-9H3,(H,52,63)(H,53,66)(H,54,57)(H,55,65)(H,56,64)(H,58,59)/t37-,38-,39-/m1/s1. The molecule has 398 valence electrons. The number of benzene rings is 2. The molecule has 0 aliphatic heterocycles. The first-order chi connectivity index (χ1) is 33.7. The summed E-state index contributed by atoms with van der Waals surface area (Å²) in [7, 11) is 0. The van der Waals surface area contributed by atoms with Gasteiger partial charge in [0, 0.05) is 38.3 Å². The van der Waals surface area contributed by atoms with Crippen LogP contribution < -0.4 is 26.6 Å². The van der Waals surface area contributed by atoms with Crippen LogP contribution in [-0.2, 0) is 66.8 Å². The number of hydrogen-bond acceptors (Lipinski definition) is 15. The van der Waals surface area contributed by atoms with Gasteiger partial charge in [-0.25, -0.2) is 4.79 Å². The van der Waals surface area contributed by atoms with E-state index in [0.29, 0.717) is 0 Å². The molecule has 21 heteroatoms. The fourth-order valence-corrected chi connectivity index (χ4v) is 7.23. The number of amides is 5. The number of carbonyl (C=O) groups is 9. The molecule has 5 amide bonds. The highest BCUT2D eigenvalue weighted by molar-refractivity contribution is 5.95. The first kappa shape index (κ1) is 59.7. The van der Waals surface area contributed by atoms with Crippen LogP contribution in [0, 0.1) is 0 Å². The summed E-state index contributed by atoms with van der Waals surface area (Å²) in [5, 5.41) is 21.7. The highest BCUT2D eigenvalue weighted by Crippen LogP contribution is 2.44. The topological polar surface area (TPSA) is 289 Å². The van der Waals surface area contributed by atoms with E-state index in [0.717, 1.165) is 22.3 Å². The fraction of sp³-hybridized carbons (Fsp3) is 0.588. The van der Waals surface area contributed by atoms with E-state index in [1.807, 2.05) is 48.5 Å². The Balaban J connectivity index is 1.62. The normalized spacial score (nSPS) is 13.5. The molecule has 1 aliphatic carbocycles. The largest absolute Gasteiger partial charge is 0.481 e. The molecule has 2 aromatic carbocycles. The van der Waals surface area contributed by atoms with Gasteiger partial charge in [-0.2, -0.15) is 0 Å². The number of alkyl carbamates (subject to hydrolysis) is 1. The number of aliphatic carboxylic acids is 1. The average Bonchev–Trinajstić information content (AvgIpc) is 3.59. The first-order valence-electron chi connectivity index (χ1n) is 24.0. The summed E-state index contributed by atoms with van der Waals surface area (Å²) in [6.45, 7) is 14.3. The summed E-state index contributed by atoms with van der Waals surface area (Å²) in [6, 6.07) is 11.6. The zero-order valence-corrected chi connectivity index (χ0v) is 42.9. The van der Waals surface area contributed by atoms with Gasteiger partial charge in [-0.05, 0) is 104 Å². The zero-order chi connectivity index (χ0) is 53.6. The van der Waals surface area contributed by atoms with E-state index in [4.69, 9.17) is 33.5 Å². The second-order valence-corrected chi connectivity index (χ2v) is 20.0. The number of fused-ring (bicyclic) bond motifs is 3. The van der Waals surface area contributed by atoms with Gasteiger partial charge in [0.2, 0.25) is 23.6 Å². The van der Waals surface area contributed by atoms with Gasteiger partial charge < -0.3 is 60.1 Å². The van der Waals surface area contributed by atoms with Crippen molar-refractivity contribution in [1.29, 1.82) is 0 Å². The van der Waals surface area contributed by atoms with E-state index in [1.165, 1.54) is 0 Å². The van der Waals surface area contributed by atoms with Crippen LogP contribution in [0.3, 0.4) is 0 Å². The predicted molar refractivity (Wildman–Crippen MR) is 261 cm³/mol. The SMILES string of the molecule is CC(C)(C)OC(=O)CC[C@@H](NC(=O)COCCOCCNC(=O)OCC1c2ccccc2-c2ccccc21)C(=O)N[C@H](CCC(=O)OC(C)(C)C)C(=O)N[C@H](CCC(=O)OC(C)(C)C)C(=O)NCCC(=O)O. The van der Waals surface area contributed by atoms with Gasteiger partial charge in [0.15, 0.2) is 0 Å². The Bertz CT molecular complexity index is 2150. The molecule has 0 radical (unpaired) electrons. The van der Waals surface area contributed by atoms with Crippen molar-refractivity contribution in [2.45, 2.75) is 148 Å². The second-order valence-electron chi connectivity index (χ2n) is 20.0. The summed E-state index contributed by atoms with van der Waals surface area (Å²) in [5.41, 5.74) is 1.78. The number of esters is 3. The van der Waals surface area contributed by atoms with Gasteiger partial charge in [-0.3, -0.25) is 38.4 Å². The van der Waals surface area contributed by atoms with Crippen molar-refractivity contribution in [3.8, 4) is 11.1 Å². The van der Waals surface area contributed by atoms with Crippen molar-refractivity contribution in [3.63, 3.8) is 0 Å². The third kappa shape index (κ3) is 23.1. The molecule has 0 aromatic heterocycles. The molecule has 0 bridgehead atoms. The van der Waals surface area contributed by atoms with E-state index in [-0.39, 0.29) is 84.0 Å². The van der Waals surface area contributed by atoms with Gasteiger partial charge in [-0.1, -0.05) is 48.5 Å². The maximum Gasteiger partial charge on any atom is 0.407 e. The molecule has 0 heterocycles. The summed E-state index contributed by atoms with van der Waals surface area (Å²) in [6.07, 6.45) is -3.05. The fourth-order valence-electron chi connectivity index (χ4n) is 7.23. The van der Waals surface area contributed by atoms with Crippen molar-refractivity contribution in [1.82, 2.24) is 26.6 Å². The van der Waals surface area contributed by atoms with E-state index in [2.05, 4.69) is 26.6 Å². The molecular weight excluding hydrogens is 939 g/mol. The number of nitrogens with one attached hydrogen (secondary N) is 5. The Morgan fingerprint density at radius 3 is 1.42 bits per heavy atom. The van der Waals surface area contributed by atoms with Gasteiger partial charge in [0.05, 0.1) is 26.2 Å². The highest BCUT2D eigenvalue weighted by Gasteiger charge is 2.33. The molecule has 0 saturated heterocycles. The molecule has 6 N–H and O–H groups in total. The van der Waals surface area contributed by atoms with Crippen LogP contribution in [0.25, 0.3) is 11.1 Å². The summed E-state index contributed by atoms with van der Waals surface area (Å²) >= 11 is 0. The van der Waals surface area contributed by atoms with Crippen LogP contribution >= 0.6 is 0 Å². The van der Waals surface area contributed by atoms with Crippen molar-refractivity contribution in [2.24, 2.45) is 0 Å². The summed E-state index contributed by atoms with van der Waals surface area (Å²) < 4.78 is 32.6. The third-order valence-electron chi connectivity index (χ3n) is 10.2. The smallest absolute Gasteiger partial charge is 0.407 e. The molecule has 21 nitrogen and oxygen atoms in total. The quantitative estimate of drug-likeness (QED) is 0.0399. The van der Waals surface area contributed by atoms with Gasteiger partial charge >= 0.3 is 30.0 Å². The lowest BCUT2D eigenvalue weighted by Crippen LogP contribution is -2.57. The Hall–Kier alpha value is -6.61. The number of carbonyl (C=O) groups excluding carboxylic acids is 8. The van der Waals surface area contributed by atoms with E-state index in [1.54, 1.807) is 62.3 Å². The summed E-state index contributed by atoms with van der Waals surface area (Å²) in [5.74, 6) is -6.89. The number of ether oxygens (including phenoxy) is 6. The maximum atomic E-state index is 14.0. The summed E-state index contributed by atoms with van der Waals surface area (Å²) in [4.78, 5) is 116. The van der Waals surface area contributed by atoms with E-state index >= 15 is 0 Å². The molecule has 3 rings (SSSR count). The third-order valence-corrected chi connectivity index (χ3v) is 10.2. The minimum atomic E-state index is -1.55. The van der Waals surface area contributed by atoms with Crippen molar-refractivity contribution < 1.29 is 76.7 Å². The Labute approximate surface area is 420 Å². The molecule has 0 fully saturated rings. The van der Waals surface area contributed by atoms with Crippen molar-refractivity contribution in [3.05, 3.63) is 59.7 Å². The zero-order valence-electron chi connectivity index (χ0n) is 42.9. The number of carboxylic acids is 1. The van der Waals surface area contributed by atoms with Crippen LogP contribution in [0.1, 0.15) is 124 Å². The number of rotatable bonds is 28. The molecule has 1 aliphatic rings. The van der Waals surface area contributed by atoms with Crippen LogP contribution in [0.15, 0.2) is 48.5 Å². The van der Waals surface area contributed by atoms with Crippen LogP contribution in [0.4, 0.5) is 4.79 Å². The Morgan fingerprint density at radius 2 is 0.958 bits per heavy atom. The van der Waals surface area contributed by atoms with Gasteiger partial charge in [-0.15, -0.1) is 0 Å². The lowest BCUT2D eigenvalue weighted by Gasteiger charge is -2.26. The van der Waals surface area contributed by atoms with E-state index in [9.17, 15) is 43.2 Å². The van der Waals surface area contributed by atoms with Gasteiger partial charge in [0.1, 0.15) is 48.1 Å². The molecule has 0 saturated carbocycles. The van der Waals surface area contributed by atoms with Crippen LogP contribution in [0.2, 0.25) is 0 Å². The maximum absolute atomic E-state index is 14.0. The predicted octanol–water partition coefficient (Wildman–Crippen LogP) is 3.97. The second kappa shape index (κ2) is 28.4.